The quantitative estimate of drug-likeness (QED) is 0.867. The molecule has 1 fully saturated rings. The van der Waals surface area contributed by atoms with Crippen molar-refractivity contribution in [2.24, 2.45) is 7.05 Å². The van der Waals surface area contributed by atoms with Gasteiger partial charge in [-0.1, -0.05) is 25.9 Å². The van der Waals surface area contributed by atoms with E-state index in [9.17, 15) is 4.79 Å². The minimum absolute atomic E-state index is 0.0689. The Morgan fingerprint density at radius 3 is 2.92 bits per heavy atom. The SMILES string of the molecule is Cn1ccnc1C1CNCCN1CC(=O)Nc1cc(C(C)(C)C)no1. The van der Waals surface area contributed by atoms with Crippen LogP contribution in [-0.2, 0) is 17.3 Å². The van der Waals surface area contributed by atoms with Crippen LogP contribution >= 0.6 is 0 Å². The Kier molecular flexibility index (Phi) is 4.91. The van der Waals surface area contributed by atoms with Crippen molar-refractivity contribution in [3.63, 3.8) is 0 Å². The van der Waals surface area contributed by atoms with E-state index >= 15 is 0 Å². The average Bonchev–Trinajstić information content (AvgIpc) is 3.16. The molecule has 3 heterocycles. The largest absolute Gasteiger partial charge is 0.338 e. The number of imidazole rings is 1. The van der Waals surface area contributed by atoms with Gasteiger partial charge < -0.3 is 14.4 Å². The lowest BCUT2D eigenvalue weighted by atomic mass is 9.92. The Hall–Kier alpha value is -2.19. The third-order valence-corrected chi connectivity index (χ3v) is 4.40. The van der Waals surface area contributed by atoms with Gasteiger partial charge in [-0.2, -0.15) is 0 Å². The van der Waals surface area contributed by atoms with E-state index in [4.69, 9.17) is 4.52 Å². The summed E-state index contributed by atoms with van der Waals surface area (Å²) >= 11 is 0. The fourth-order valence-corrected chi connectivity index (χ4v) is 2.94. The van der Waals surface area contributed by atoms with Crippen molar-refractivity contribution < 1.29 is 9.32 Å². The fourth-order valence-electron chi connectivity index (χ4n) is 2.94. The summed E-state index contributed by atoms with van der Waals surface area (Å²) in [5.41, 5.74) is 0.699. The molecule has 0 saturated carbocycles. The highest BCUT2D eigenvalue weighted by atomic mass is 16.5. The van der Waals surface area contributed by atoms with Crippen LogP contribution in [0.1, 0.15) is 38.3 Å². The molecular formula is C17H26N6O2. The Balaban J connectivity index is 1.65. The zero-order valence-corrected chi connectivity index (χ0v) is 15.2. The molecule has 8 heteroatoms. The first-order chi connectivity index (χ1) is 11.8. The fraction of sp³-hybridized carbons (Fsp3) is 0.588. The highest BCUT2D eigenvalue weighted by Gasteiger charge is 2.28. The minimum atomic E-state index is -0.117. The normalized spacial score (nSPS) is 19.1. The molecule has 2 N–H and O–H groups in total. The number of nitrogens with zero attached hydrogens (tertiary/aromatic N) is 4. The van der Waals surface area contributed by atoms with Crippen LogP contribution in [0.3, 0.4) is 0 Å². The third kappa shape index (κ3) is 4.08. The van der Waals surface area contributed by atoms with Crippen molar-refractivity contribution in [2.75, 3.05) is 31.5 Å². The molecule has 3 rings (SSSR count). The summed E-state index contributed by atoms with van der Waals surface area (Å²) in [6, 6.07) is 1.85. The zero-order valence-electron chi connectivity index (χ0n) is 15.2. The number of rotatable bonds is 4. The Morgan fingerprint density at radius 1 is 1.48 bits per heavy atom. The Morgan fingerprint density at radius 2 is 2.28 bits per heavy atom. The molecule has 2 aromatic rings. The third-order valence-electron chi connectivity index (χ3n) is 4.40. The zero-order chi connectivity index (χ0) is 18.0. The molecular weight excluding hydrogens is 320 g/mol. The van der Waals surface area contributed by atoms with Crippen LogP contribution in [0.15, 0.2) is 23.0 Å². The lowest BCUT2D eigenvalue weighted by Gasteiger charge is -2.35. The second-order valence-electron chi connectivity index (χ2n) is 7.46. The first-order valence-corrected chi connectivity index (χ1v) is 8.53. The summed E-state index contributed by atoms with van der Waals surface area (Å²) in [6.07, 6.45) is 3.70. The molecule has 1 aliphatic rings. The van der Waals surface area contributed by atoms with Gasteiger partial charge >= 0.3 is 0 Å². The number of piperazine rings is 1. The maximum absolute atomic E-state index is 12.5. The molecule has 136 valence electrons. The van der Waals surface area contributed by atoms with Gasteiger partial charge in [0.05, 0.1) is 18.3 Å². The molecule has 0 aromatic carbocycles. The van der Waals surface area contributed by atoms with Crippen LogP contribution in [0.2, 0.25) is 0 Å². The summed E-state index contributed by atoms with van der Waals surface area (Å²) in [4.78, 5) is 19.0. The number of carbonyl (C=O) groups excluding carboxylic acids is 1. The number of nitrogens with one attached hydrogen (secondary N) is 2. The second kappa shape index (κ2) is 6.97. The van der Waals surface area contributed by atoms with Gasteiger partial charge in [0, 0.05) is 50.6 Å². The number of amides is 1. The lowest BCUT2D eigenvalue weighted by molar-refractivity contribution is -0.118. The van der Waals surface area contributed by atoms with Crippen LogP contribution in [-0.4, -0.2) is 51.7 Å². The first-order valence-electron chi connectivity index (χ1n) is 8.53. The van der Waals surface area contributed by atoms with Crippen LogP contribution in [0.25, 0.3) is 0 Å². The molecule has 0 spiro atoms. The highest BCUT2D eigenvalue weighted by Crippen LogP contribution is 2.24. The monoisotopic (exact) mass is 346 g/mol. The average molecular weight is 346 g/mol. The van der Waals surface area contributed by atoms with E-state index in [0.29, 0.717) is 5.88 Å². The Bertz CT molecular complexity index is 730. The summed E-state index contributed by atoms with van der Waals surface area (Å²) in [5, 5.41) is 10.2. The number of hydrogen-bond acceptors (Lipinski definition) is 6. The molecule has 1 aliphatic heterocycles. The molecule has 2 aromatic heterocycles. The molecule has 1 atom stereocenters. The van der Waals surface area contributed by atoms with E-state index in [1.165, 1.54) is 0 Å². The van der Waals surface area contributed by atoms with Crippen molar-refractivity contribution >= 4 is 11.8 Å². The van der Waals surface area contributed by atoms with Crippen molar-refractivity contribution in [1.29, 1.82) is 0 Å². The van der Waals surface area contributed by atoms with E-state index in [1.807, 2.05) is 17.8 Å². The Labute approximate surface area is 147 Å². The number of hydrogen-bond donors (Lipinski definition) is 2. The minimum Gasteiger partial charge on any atom is -0.338 e. The molecule has 0 bridgehead atoms. The molecule has 8 nitrogen and oxygen atoms in total. The van der Waals surface area contributed by atoms with Gasteiger partial charge in [-0.15, -0.1) is 0 Å². The highest BCUT2D eigenvalue weighted by molar-refractivity contribution is 5.91. The van der Waals surface area contributed by atoms with E-state index in [-0.39, 0.29) is 23.9 Å². The first kappa shape index (κ1) is 17.6. The van der Waals surface area contributed by atoms with Gasteiger partial charge in [0.2, 0.25) is 11.8 Å². The summed E-state index contributed by atoms with van der Waals surface area (Å²) in [5.74, 6) is 1.23. The smallest absolute Gasteiger partial charge is 0.240 e. The van der Waals surface area contributed by atoms with E-state index in [0.717, 1.165) is 31.2 Å². The van der Waals surface area contributed by atoms with Gasteiger partial charge in [0.25, 0.3) is 0 Å². The number of carbonyl (C=O) groups is 1. The van der Waals surface area contributed by atoms with Crippen LogP contribution in [0.4, 0.5) is 5.88 Å². The molecule has 25 heavy (non-hydrogen) atoms. The van der Waals surface area contributed by atoms with Gasteiger partial charge in [0.1, 0.15) is 5.82 Å². The van der Waals surface area contributed by atoms with E-state index in [2.05, 4.69) is 46.4 Å². The van der Waals surface area contributed by atoms with Crippen LogP contribution in [0, 0.1) is 0 Å². The summed E-state index contributed by atoms with van der Waals surface area (Å²) in [6.45, 7) is 8.84. The predicted molar refractivity (Wildman–Crippen MR) is 94.2 cm³/mol. The van der Waals surface area contributed by atoms with Crippen molar-refractivity contribution in [1.82, 2.24) is 24.9 Å². The topological polar surface area (TPSA) is 88.2 Å². The molecule has 0 aliphatic carbocycles. The van der Waals surface area contributed by atoms with Crippen LogP contribution in [0.5, 0.6) is 0 Å². The second-order valence-corrected chi connectivity index (χ2v) is 7.46. The molecule has 1 unspecified atom stereocenters. The maximum Gasteiger partial charge on any atom is 0.240 e. The molecule has 0 radical (unpaired) electrons. The standard InChI is InChI=1S/C17H26N6O2/c1-17(2,3)13-9-15(25-21-13)20-14(24)11-23-8-5-18-10-12(23)16-19-6-7-22(16)4/h6-7,9,12,18H,5,8,10-11H2,1-4H3,(H,20,24). The number of aryl methyl sites for hydroxylation is 1. The summed E-state index contributed by atoms with van der Waals surface area (Å²) in [7, 11) is 1.97. The van der Waals surface area contributed by atoms with Crippen molar-refractivity contribution in [2.45, 2.75) is 32.2 Å². The van der Waals surface area contributed by atoms with E-state index in [1.54, 1.807) is 12.3 Å². The summed E-state index contributed by atoms with van der Waals surface area (Å²) < 4.78 is 7.23. The van der Waals surface area contributed by atoms with E-state index < -0.39 is 0 Å². The van der Waals surface area contributed by atoms with Crippen molar-refractivity contribution in [3.05, 3.63) is 30.0 Å². The number of anilines is 1. The van der Waals surface area contributed by atoms with Crippen LogP contribution < -0.4 is 10.6 Å². The molecule has 1 amide bonds. The van der Waals surface area contributed by atoms with Gasteiger partial charge in [-0.25, -0.2) is 4.98 Å². The lowest BCUT2D eigenvalue weighted by Crippen LogP contribution is -2.49. The maximum atomic E-state index is 12.5. The number of aromatic nitrogens is 3. The molecule has 1 saturated heterocycles. The van der Waals surface area contributed by atoms with Gasteiger partial charge in [-0.3, -0.25) is 15.0 Å². The van der Waals surface area contributed by atoms with Gasteiger partial charge in [0.15, 0.2) is 0 Å². The van der Waals surface area contributed by atoms with Crippen molar-refractivity contribution in [3.8, 4) is 0 Å². The predicted octanol–water partition coefficient (Wildman–Crippen LogP) is 1.29. The van der Waals surface area contributed by atoms with Gasteiger partial charge in [-0.05, 0) is 0 Å².